The van der Waals surface area contributed by atoms with Crippen molar-refractivity contribution in [3.05, 3.63) is 0 Å². The van der Waals surface area contributed by atoms with Crippen LogP contribution in [0, 0.1) is 0 Å². The van der Waals surface area contributed by atoms with Crippen LogP contribution >= 0.6 is 13.6 Å². The van der Waals surface area contributed by atoms with Gasteiger partial charge in [0.05, 0.1) is 0 Å². The zero-order chi connectivity index (χ0) is 8.91. The van der Waals surface area contributed by atoms with Crippen LogP contribution in [0.4, 0.5) is 0 Å². The number of ether oxygens (including phenoxy) is 1. The molecule has 4 heteroatoms. The van der Waals surface area contributed by atoms with Crippen LogP contribution in [-0.4, -0.2) is 11.6 Å². The molecule has 62 valence electrons. The first kappa shape index (κ1) is 11.6. The van der Waals surface area contributed by atoms with Crippen LogP contribution < -0.4 is 0 Å². The first-order chi connectivity index (χ1) is 4.95. The van der Waals surface area contributed by atoms with Gasteiger partial charge in [-0.1, -0.05) is 0 Å². The molecule has 0 atom stereocenters. The van der Waals surface area contributed by atoms with Crippen LogP contribution in [0.5, 0.6) is 0 Å². The zero-order valence-electron chi connectivity index (χ0n) is 7.32. The second kappa shape index (κ2) is 5.26. The summed E-state index contributed by atoms with van der Waals surface area (Å²) in [5.41, 5.74) is -0.323. The van der Waals surface area contributed by atoms with Gasteiger partial charge in [0.2, 0.25) is 0 Å². The summed E-state index contributed by atoms with van der Waals surface area (Å²) in [6.07, 6.45) is 0.586. The van der Waals surface area contributed by atoms with Crippen molar-refractivity contribution in [2.24, 2.45) is 0 Å². The van der Waals surface area contributed by atoms with Crippen LogP contribution in [0.1, 0.15) is 27.2 Å². The van der Waals surface area contributed by atoms with E-state index in [1.807, 2.05) is 20.8 Å². The first-order valence-corrected chi connectivity index (χ1v) is 12.8. The number of carbonyl (C=O) groups excluding carboxylic acids is 1. The van der Waals surface area contributed by atoms with Crippen molar-refractivity contribution in [2.45, 2.75) is 37.8 Å². The third-order valence-electron chi connectivity index (χ3n) is 0.935. The van der Waals surface area contributed by atoms with Gasteiger partial charge in [-0.2, -0.15) is 0 Å². The molecule has 0 rings (SSSR count). The Balaban J connectivity index is 3.53. The van der Waals surface area contributed by atoms with Gasteiger partial charge in [0, 0.05) is 0 Å². The SMILES string of the molecule is CC(C)(C)OC(=O)C[CH2][Zn][Br]. The Morgan fingerprint density at radius 3 is 2.45 bits per heavy atom. The molecule has 0 fully saturated rings. The molecular formula is C7H13BrO2Zn. The number of hydrogen-bond donors (Lipinski definition) is 0. The molecule has 0 saturated heterocycles. The second-order valence-corrected chi connectivity index (χ2v) is 9.78. The number of esters is 1. The minimum absolute atomic E-state index is 0.0671. The van der Waals surface area contributed by atoms with Gasteiger partial charge in [-0.25, -0.2) is 0 Å². The molecule has 0 N–H and O–H groups in total. The van der Waals surface area contributed by atoms with Crippen LogP contribution in [-0.2, 0) is 24.7 Å². The maximum atomic E-state index is 11.0. The van der Waals surface area contributed by atoms with Crippen molar-refractivity contribution in [3.63, 3.8) is 0 Å². The summed E-state index contributed by atoms with van der Waals surface area (Å²) in [6.45, 7) is 5.67. The van der Waals surface area contributed by atoms with Crippen LogP contribution in [0.15, 0.2) is 0 Å². The summed E-state index contributed by atoms with van der Waals surface area (Å²) < 4.78 is 5.11. The van der Waals surface area contributed by atoms with E-state index in [-0.39, 0.29) is 11.6 Å². The first-order valence-electron chi connectivity index (χ1n) is 3.73. The van der Waals surface area contributed by atoms with Crippen LogP contribution in [0.25, 0.3) is 0 Å². The molecule has 0 spiro atoms. The van der Waals surface area contributed by atoms with Gasteiger partial charge in [0.15, 0.2) is 0 Å². The summed E-state index contributed by atoms with van der Waals surface area (Å²) in [5, 5.41) is 1.03. The molecule has 0 aliphatic rings. The molecule has 0 aromatic heterocycles. The van der Waals surface area contributed by atoms with E-state index in [0.717, 1.165) is 5.02 Å². The number of halogens is 1. The van der Waals surface area contributed by atoms with Crippen molar-refractivity contribution < 1.29 is 24.7 Å². The van der Waals surface area contributed by atoms with Crippen LogP contribution in [0.3, 0.4) is 0 Å². The van der Waals surface area contributed by atoms with Gasteiger partial charge >= 0.3 is 82.1 Å². The van der Waals surface area contributed by atoms with E-state index in [1.165, 1.54) is 0 Å². The van der Waals surface area contributed by atoms with Gasteiger partial charge in [-0.15, -0.1) is 0 Å². The number of carbonyl (C=O) groups is 1. The van der Waals surface area contributed by atoms with Crippen molar-refractivity contribution in [2.75, 3.05) is 0 Å². The Hall–Kier alpha value is 0.573. The van der Waals surface area contributed by atoms with E-state index in [0.29, 0.717) is 6.42 Å². The molecule has 0 unspecified atom stereocenters. The standard InChI is InChI=1S/C7H13O2.BrH.Zn/c1-5-6(8)9-7(2,3)4;;/h1,5H2,2-4H3;1H;/q;;+1/p-1. The monoisotopic (exact) mass is 272 g/mol. The molecule has 11 heavy (non-hydrogen) atoms. The van der Waals surface area contributed by atoms with E-state index in [4.69, 9.17) is 4.74 Å². The van der Waals surface area contributed by atoms with Gasteiger partial charge in [0.1, 0.15) is 0 Å². The summed E-state index contributed by atoms with van der Waals surface area (Å²) in [4.78, 5) is 11.0. The quantitative estimate of drug-likeness (QED) is 0.584. The molecule has 0 aromatic rings. The number of rotatable bonds is 3. The van der Waals surface area contributed by atoms with Crippen molar-refractivity contribution >= 4 is 19.6 Å². The average Bonchev–Trinajstić information content (AvgIpc) is 1.79. The minimum atomic E-state index is -0.529. The fourth-order valence-electron chi connectivity index (χ4n) is 0.604. The molecule has 2 nitrogen and oxygen atoms in total. The van der Waals surface area contributed by atoms with E-state index in [2.05, 4.69) is 13.6 Å². The maximum absolute atomic E-state index is 11.0. The molecule has 0 bridgehead atoms. The predicted octanol–water partition coefficient (Wildman–Crippen LogP) is 2.53. The van der Waals surface area contributed by atoms with Gasteiger partial charge < -0.3 is 0 Å². The fraction of sp³-hybridized carbons (Fsp3) is 0.857. The van der Waals surface area contributed by atoms with Gasteiger partial charge in [0.25, 0.3) is 0 Å². The molecule has 0 amide bonds. The predicted molar refractivity (Wildman–Crippen MR) is 44.2 cm³/mol. The fourth-order valence-corrected chi connectivity index (χ4v) is 2.95. The van der Waals surface area contributed by atoms with Gasteiger partial charge in [-0.05, 0) is 0 Å². The van der Waals surface area contributed by atoms with Crippen molar-refractivity contribution in [1.29, 1.82) is 0 Å². The van der Waals surface area contributed by atoms with E-state index in [9.17, 15) is 4.79 Å². The normalized spacial score (nSPS) is 10.5. The third kappa shape index (κ3) is 8.48. The van der Waals surface area contributed by atoms with E-state index < -0.39 is 15.2 Å². The summed E-state index contributed by atoms with van der Waals surface area (Å²) in [7, 11) is 0. The van der Waals surface area contributed by atoms with Crippen molar-refractivity contribution in [3.8, 4) is 0 Å². The summed E-state index contributed by atoms with van der Waals surface area (Å²) >= 11 is 2.91. The average molecular weight is 274 g/mol. The van der Waals surface area contributed by atoms with Crippen molar-refractivity contribution in [1.82, 2.24) is 0 Å². The third-order valence-corrected chi connectivity index (χ3v) is 5.15. The Bertz CT molecular complexity index is 131. The topological polar surface area (TPSA) is 26.3 Å². The molecule has 0 radical (unpaired) electrons. The number of hydrogen-bond acceptors (Lipinski definition) is 2. The molecule has 0 heterocycles. The molecule has 0 saturated carbocycles. The van der Waals surface area contributed by atoms with Crippen LogP contribution in [0.2, 0.25) is 5.02 Å². The van der Waals surface area contributed by atoms with E-state index >= 15 is 0 Å². The Labute approximate surface area is 82.0 Å². The Morgan fingerprint density at radius 2 is 2.09 bits per heavy atom. The van der Waals surface area contributed by atoms with E-state index in [1.54, 1.807) is 0 Å². The molecular weight excluding hydrogens is 261 g/mol. The Kier molecular flexibility index (Phi) is 5.53. The molecule has 0 aromatic carbocycles. The zero-order valence-corrected chi connectivity index (χ0v) is 11.9. The Morgan fingerprint density at radius 1 is 1.55 bits per heavy atom. The second-order valence-electron chi connectivity index (χ2n) is 3.38. The molecule has 0 aliphatic heterocycles. The summed E-state index contributed by atoms with van der Waals surface area (Å²) in [6, 6.07) is 0. The molecule has 0 aliphatic carbocycles. The summed E-state index contributed by atoms with van der Waals surface area (Å²) in [5.74, 6) is -0.0671. The van der Waals surface area contributed by atoms with Gasteiger partial charge in [-0.3, -0.25) is 0 Å².